The second-order valence-corrected chi connectivity index (χ2v) is 12.6. The van der Waals surface area contributed by atoms with Crippen LogP contribution in [-0.4, -0.2) is 38.9 Å². The molecule has 1 aromatic rings. The fourth-order valence-electron chi connectivity index (χ4n) is 2.15. The van der Waals surface area contributed by atoms with Crippen molar-refractivity contribution in [2.24, 2.45) is 0 Å². The van der Waals surface area contributed by atoms with Crippen molar-refractivity contribution in [1.29, 1.82) is 0 Å². The molecule has 26 heavy (non-hydrogen) atoms. The van der Waals surface area contributed by atoms with Gasteiger partial charge in [0.25, 0.3) is 5.60 Å². The molecule has 10 heteroatoms. The summed E-state index contributed by atoms with van der Waals surface area (Å²) >= 11 is 0. The molecule has 0 atom stereocenters. The van der Waals surface area contributed by atoms with E-state index in [1.807, 2.05) is 19.6 Å². The van der Waals surface area contributed by atoms with Crippen LogP contribution in [0.3, 0.4) is 0 Å². The Kier molecular flexibility index (Phi) is 7.31. The Balaban J connectivity index is 3.12. The van der Waals surface area contributed by atoms with E-state index >= 15 is 0 Å². The largest absolute Gasteiger partial charge is 0.430 e. The summed E-state index contributed by atoms with van der Waals surface area (Å²) in [5.41, 5.74) is -5.45. The summed E-state index contributed by atoms with van der Waals surface area (Å²) in [5.74, 6) is 0. The van der Waals surface area contributed by atoms with Gasteiger partial charge in [-0.1, -0.05) is 43.9 Å². The quantitative estimate of drug-likeness (QED) is 0.292. The smallest absolute Gasteiger partial charge is 0.392 e. The number of aliphatic hydroxyl groups is 1. The summed E-state index contributed by atoms with van der Waals surface area (Å²) in [7, 11) is -1.55. The molecule has 1 N–H and O–H groups in total. The molecule has 3 nitrogen and oxygen atoms in total. The van der Waals surface area contributed by atoms with Crippen LogP contribution < -0.4 is 0 Å². The van der Waals surface area contributed by atoms with Gasteiger partial charge in [-0.05, 0) is 11.6 Å². The fraction of sp³-hybridized carbons (Fsp3) is 0.625. The Morgan fingerprint density at radius 2 is 1.42 bits per heavy atom. The molecular formula is C16H22F6O3Si. The molecule has 0 aromatic heterocycles. The second kappa shape index (κ2) is 8.28. The number of alkyl halides is 6. The van der Waals surface area contributed by atoms with Crippen molar-refractivity contribution in [3.63, 3.8) is 0 Å². The Hall–Kier alpha value is -1.10. The molecule has 0 aliphatic heterocycles. The first-order valence-corrected chi connectivity index (χ1v) is 11.5. The van der Waals surface area contributed by atoms with Crippen molar-refractivity contribution in [1.82, 2.24) is 0 Å². The van der Waals surface area contributed by atoms with Crippen molar-refractivity contribution in [2.45, 2.75) is 50.2 Å². The first kappa shape index (κ1) is 22.9. The average Bonchev–Trinajstić information content (AvgIpc) is 2.47. The molecule has 0 saturated heterocycles. The fourth-order valence-corrected chi connectivity index (χ4v) is 2.90. The van der Waals surface area contributed by atoms with Crippen LogP contribution in [0.1, 0.15) is 11.1 Å². The minimum Gasteiger partial charge on any atom is -0.392 e. The maximum Gasteiger partial charge on any atom is 0.430 e. The van der Waals surface area contributed by atoms with Crippen LogP contribution in [0.25, 0.3) is 0 Å². The zero-order valence-electron chi connectivity index (χ0n) is 14.7. The van der Waals surface area contributed by atoms with Crippen molar-refractivity contribution < 1.29 is 40.9 Å². The summed E-state index contributed by atoms with van der Waals surface area (Å²) in [5, 5.41) is 8.92. The van der Waals surface area contributed by atoms with Gasteiger partial charge in [0.05, 0.1) is 6.61 Å². The molecule has 0 saturated carbocycles. The molecule has 0 bridgehead atoms. The Morgan fingerprint density at radius 3 is 1.81 bits per heavy atom. The predicted molar refractivity (Wildman–Crippen MR) is 86.2 cm³/mol. The standard InChI is InChI=1S/C16H22F6O3Si/c1-26(2,3)9-8-24-11-25-14(15(17,18)19,16(20,21)22)13-6-4-12(10-23)5-7-13/h4-7,23H,8-11H2,1-3H3. The van der Waals surface area contributed by atoms with Gasteiger partial charge in [0.2, 0.25) is 0 Å². The molecule has 0 aliphatic rings. The second-order valence-electron chi connectivity index (χ2n) is 7.01. The van der Waals surface area contributed by atoms with Crippen LogP contribution in [-0.2, 0) is 21.7 Å². The maximum absolute atomic E-state index is 13.5. The SMILES string of the molecule is C[Si](C)(C)CCOCOC(c1ccc(CO)cc1)(C(F)(F)F)C(F)(F)F. The highest BCUT2D eigenvalue weighted by Gasteiger charge is 2.73. The molecule has 0 unspecified atom stereocenters. The summed E-state index contributed by atoms with van der Waals surface area (Å²) < 4.78 is 90.2. The van der Waals surface area contributed by atoms with Crippen LogP contribution in [0.15, 0.2) is 24.3 Å². The molecule has 0 fully saturated rings. The lowest BCUT2D eigenvalue weighted by atomic mass is 9.91. The van der Waals surface area contributed by atoms with Gasteiger partial charge in [-0.15, -0.1) is 0 Å². The topological polar surface area (TPSA) is 38.7 Å². The highest BCUT2D eigenvalue weighted by Crippen LogP contribution is 2.52. The van der Waals surface area contributed by atoms with E-state index in [4.69, 9.17) is 9.84 Å². The van der Waals surface area contributed by atoms with Gasteiger partial charge in [-0.25, -0.2) is 0 Å². The zero-order chi connectivity index (χ0) is 20.2. The minimum atomic E-state index is -5.76. The Bertz CT molecular complexity index is 549. The molecule has 0 radical (unpaired) electrons. The minimum absolute atomic E-state index is 0.0188. The molecule has 1 aromatic carbocycles. The Morgan fingerprint density at radius 1 is 0.923 bits per heavy atom. The van der Waals surface area contributed by atoms with Crippen LogP contribution in [0, 0.1) is 0 Å². The number of benzene rings is 1. The maximum atomic E-state index is 13.5. The lowest BCUT2D eigenvalue weighted by Gasteiger charge is -2.37. The van der Waals surface area contributed by atoms with Crippen molar-refractivity contribution in [2.75, 3.05) is 13.4 Å². The lowest BCUT2D eigenvalue weighted by molar-refractivity contribution is -0.401. The van der Waals surface area contributed by atoms with E-state index < -0.39 is 45.0 Å². The van der Waals surface area contributed by atoms with Crippen molar-refractivity contribution in [3.05, 3.63) is 35.4 Å². The van der Waals surface area contributed by atoms with E-state index in [1.54, 1.807) is 0 Å². The third-order valence-electron chi connectivity index (χ3n) is 3.70. The monoisotopic (exact) mass is 404 g/mol. The summed E-state index contributed by atoms with van der Waals surface area (Å²) in [6.07, 6.45) is -11.5. The molecule has 1 rings (SSSR count). The molecule has 0 amide bonds. The van der Waals surface area contributed by atoms with Crippen LogP contribution in [0.5, 0.6) is 0 Å². The normalized spacial score (nSPS) is 13.9. The van der Waals surface area contributed by atoms with Gasteiger partial charge in [0.1, 0.15) is 6.79 Å². The van der Waals surface area contributed by atoms with Gasteiger partial charge < -0.3 is 14.6 Å². The van der Waals surface area contributed by atoms with E-state index in [2.05, 4.69) is 4.74 Å². The molecule has 0 spiro atoms. The molecular weight excluding hydrogens is 382 g/mol. The van der Waals surface area contributed by atoms with Crippen molar-refractivity contribution in [3.8, 4) is 0 Å². The van der Waals surface area contributed by atoms with E-state index in [1.165, 1.54) is 0 Å². The number of hydrogen-bond acceptors (Lipinski definition) is 3. The average molecular weight is 404 g/mol. The van der Waals surface area contributed by atoms with Gasteiger partial charge in [-0.3, -0.25) is 0 Å². The van der Waals surface area contributed by atoms with E-state index in [9.17, 15) is 26.3 Å². The van der Waals surface area contributed by atoms with Crippen molar-refractivity contribution >= 4 is 8.07 Å². The number of halogens is 6. The number of rotatable bonds is 8. The number of aliphatic hydroxyl groups excluding tert-OH is 1. The van der Waals surface area contributed by atoms with Gasteiger partial charge in [0, 0.05) is 20.2 Å². The number of hydrogen-bond donors (Lipinski definition) is 1. The van der Waals surface area contributed by atoms with E-state index in [0.29, 0.717) is 18.2 Å². The summed E-state index contributed by atoms with van der Waals surface area (Å²) in [6, 6.07) is 3.84. The van der Waals surface area contributed by atoms with Gasteiger partial charge >= 0.3 is 12.4 Å². The highest BCUT2D eigenvalue weighted by atomic mass is 28.3. The zero-order valence-corrected chi connectivity index (χ0v) is 15.7. The van der Waals surface area contributed by atoms with Gasteiger partial charge in [-0.2, -0.15) is 26.3 Å². The third kappa shape index (κ3) is 5.45. The molecule has 150 valence electrons. The lowest BCUT2D eigenvalue weighted by Crippen LogP contribution is -2.56. The first-order valence-electron chi connectivity index (χ1n) is 7.80. The summed E-state index contributed by atoms with van der Waals surface area (Å²) in [6.45, 7) is 4.35. The molecule has 0 aliphatic carbocycles. The van der Waals surface area contributed by atoms with E-state index in [0.717, 1.165) is 12.1 Å². The van der Waals surface area contributed by atoms with E-state index in [-0.39, 0.29) is 12.2 Å². The van der Waals surface area contributed by atoms with Crippen LogP contribution in [0.4, 0.5) is 26.3 Å². The summed E-state index contributed by atoms with van der Waals surface area (Å²) in [4.78, 5) is 0. The number of ether oxygens (including phenoxy) is 2. The van der Waals surface area contributed by atoms with Crippen LogP contribution >= 0.6 is 0 Å². The Labute approximate surface area is 148 Å². The first-order chi connectivity index (χ1) is 11.7. The van der Waals surface area contributed by atoms with Crippen LogP contribution in [0.2, 0.25) is 25.7 Å². The third-order valence-corrected chi connectivity index (χ3v) is 5.40. The predicted octanol–water partition coefficient (Wildman–Crippen LogP) is 4.83. The highest BCUT2D eigenvalue weighted by molar-refractivity contribution is 6.76. The molecule has 0 heterocycles. The van der Waals surface area contributed by atoms with Gasteiger partial charge in [0.15, 0.2) is 0 Å².